The molecule has 1 aromatic carbocycles. The van der Waals surface area contributed by atoms with Gasteiger partial charge in [0.05, 0.1) is 0 Å². The molecule has 3 N–H and O–H groups in total. The Kier molecular flexibility index (Phi) is 6.46. The standard InChI is InChI=1S/C16H27NO3/c1-12-7-13(2)9-15(8-12)20-11-14(19)10-17-16(3,4)5-6-18/h7-9,14,17-19H,5-6,10-11H2,1-4H3. The number of rotatable bonds is 8. The lowest BCUT2D eigenvalue weighted by molar-refractivity contribution is 0.0959. The highest BCUT2D eigenvalue weighted by Gasteiger charge is 2.17. The van der Waals surface area contributed by atoms with Gasteiger partial charge in [-0.3, -0.25) is 0 Å². The molecule has 114 valence electrons. The van der Waals surface area contributed by atoms with Crippen LogP contribution in [0.15, 0.2) is 18.2 Å². The largest absolute Gasteiger partial charge is 0.491 e. The van der Waals surface area contributed by atoms with Crippen LogP contribution in [0.3, 0.4) is 0 Å². The predicted molar refractivity (Wildman–Crippen MR) is 81.2 cm³/mol. The summed E-state index contributed by atoms with van der Waals surface area (Å²) in [5, 5.41) is 22.1. The second-order valence-corrected chi connectivity index (χ2v) is 6.03. The highest BCUT2D eigenvalue weighted by Crippen LogP contribution is 2.16. The van der Waals surface area contributed by atoms with Crippen LogP contribution < -0.4 is 10.1 Å². The molecule has 0 saturated heterocycles. The van der Waals surface area contributed by atoms with E-state index in [9.17, 15) is 5.11 Å². The Morgan fingerprint density at radius 2 is 1.80 bits per heavy atom. The van der Waals surface area contributed by atoms with E-state index < -0.39 is 6.10 Å². The van der Waals surface area contributed by atoms with E-state index in [4.69, 9.17) is 9.84 Å². The number of aryl methyl sites for hydroxylation is 2. The number of benzene rings is 1. The van der Waals surface area contributed by atoms with Gasteiger partial charge in [-0.15, -0.1) is 0 Å². The third kappa shape index (κ3) is 6.37. The molecule has 0 amide bonds. The first-order valence-electron chi connectivity index (χ1n) is 7.07. The zero-order chi connectivity index (χ0) is 15.2. The Hall–Kier alpha value is -1.10. The molecule has 1 aromatic rings. The second-order valence-electron chi connectivity index (χ2n) is 6.03. The number of β-amino-alcohol motifs (C(OH)–C–C–N with tert-alkyl or cyclic N) is 1. The van der Waals surface area contributed by atoms with Gasteiger partial charge in [-0.2, -0.15) is 0 Å². The van der Waals surface area contributed by atoms with Crippen molar-refractivity contribution in [3.8, 4) is 5.75 Å². The molecular formula is C16H27NO3. The Morgan fingerprint density at radius 1 is 1.20 bits per heavy atom. The van der Waals surface area contributed by atoms with Gasteiger partial charge in [-0.05, 0) is 57.4 Å². The summed E-state index contributed by atoms with van der Waals surface area (Å²) in [6, 6.07) is 6.01. The van der Waals surface area contributed by atoms with Gasteiger partial charge in [-0.25, -0.2) is 0 Å². The molecule has 0 bridgehead atoms. The van der Waals surface area contributed by atoms with Crippen molar-refractivity contribution in [2.75, 3.05) is 19.8 Å². The first-order chi connectivity index (χ1) is 9.32. The molecule has 0 radical (unpaired) electrons. The van der Waals surface area contributed by atoms with Gasteiger partial charge in [-0.1, -0.05) is 6.07 Å². The summed E-state index contributed by atoms with van der Waals surface area (Å²) in [5.74, 6) is 0.788. The second kappa shape index (κ2) is 7.62. The first-order valence-corrected chi connectivity index (χ1v) is 7.07. The third-order valence-corrected chi connectivity index (χ3v) is 3.19. The molecule has 1 unspecified atom stereocenters. The summed E-state index contributed by atoms with van der Waals surface area (Å²) in [6.45, 7) is 8.88. The quantitative estimate of drug-likeness (QED) is 0.680. The maximum atomic E-state index is 9.93. The zero-order valence-electron chi connectivity index (χ0n) is 12.9. The van der Waals surface area contributed by atoms with E-state index in [2.05, 4.69) is 11.4 Å². The van der Waals surface area contributed by atoms with E-state index >= 15 is 0 Å². The Balaban J connectivity index is 2.38. The minimum absolute atomic E-state index is 0.134. The van der Waals surface area contributed by atoms with E-state index in [0.717, 1.165) is 16.9 Å². The fourth-order valence-corrected chi connectivity index (χ4v) is 2.03. The zero-order valence-corrected chi connectivity index (χ0v) is 12.9. The van der Waals surface area contributed by atoms with E-state index in [-0.39, 0.29) is 18.8 Å². The highest BCUT2D eigenvalue weighted by molar-refractivity contribution is 5.32. The van der Waals surface area contributed by atoms with Crippen LogP contribution >= 0.6 is 0 Å². The molecule has 1 rings (SSSR count). The van der Waals surface area contributed by atoms with Crippen LogP contribution in [0.2, 0.25) is 0 Å². The van der Waals surface area contributed by atoms with E-state index in [0.29, 0.717) is 13.0 Å². The molecule has 0 aliphatic rings. The predicted octanol–water partition coefficient (Wildman–Crippen LogP) is 1.79. The summed E-state index contributed by atoms with van der Waals surface area (Å²) in [6.07, 6.45) is 0.0753. The van der Waals surface area contributed by atoms with Crippen LogP contribution in [0.5, 0.6) is 5.75 Å². The molecule has 0 spiro atoms. The normalized spacial score (nSPS) is 13.3. The monoisotopic (exact) mass is 281 g/mol. The maximum Gasteiger partial charge on any atom is 0.119 e. The number of aliphatic hydroxyl groups excluding tert-OH is 2. The minimum Gasteiger partial charge on any atom is -0.491 e. The van der Waals surface area contributed by atoms with Crippen molar-refractivity contribution in [3.63, 3.8) is 0 Å². The average Bonchev–Trinajstić information content (AvgIpc) is 2.33. The lowest BCUT2D eigenvalue weighted by atomic mass is 10.0. The van der Waals surface area contributed by atoms with Crippen LogP contribution in [-0.2, 0) is 0 Å². The third-order valence-electron chi connectivity index (χ3n) is 3.19. The van der Waals surface area contributed by atoms with Crippen LogP contribution in [0.4, 0.5) is 0 Å². The van der Waals surface area contributed by atoms with Crippen molar-refractivity contribution in [2.24, 2.45) is 0 Å². The Labute approximate surface area is 121 Å². The lowest BCUT2D eigenvalue weighted by Crippen LogP contribution is -2.45. The average molecular weight is 281 g/mol. The molecule has 0 saturated carbocycles. The molecule has 0 fully saturated rings. The smallest absolute Gasteiger partial charge is 0.119 e. The SMILES string of the molecule is Cc1cc(C)cc(OCC(O)CNC(C)(C)CCO)c1. The summed E-state index contributed by atoms with van der Waals surface area (Å²) in [5.41, 5.74) is 2.11. The summed E-state index contributed by atoms with van der Waals surface area (Å²) in [4.78, 5) is 0. The van der Waals surface area contributed by atoms with Crippen molar-refractivity contribution < 1.29 is 14.9 Å². The molecule has 0 aliphatic heterocycles. The number of ether oxygens (including phenoxy) is 1. The van der Waals surface area contributed by atoms with Gasteiger partial charge >= 0.3 is 0 Å². The molecule has 0 aromatic heterocycles. The summed E-state index contributed by atoms with van der Waals surface area (Å²) >= 11 is 0. The molecule has 20 heavy (non-hydrogen) atoms. The Morgan fingerprint density at radius 3 is 2.35 bits per heavy atom. The molecular weight excluding hydrogens is 254 g/mol. The molecule has 0 aliphatic carbocycles. The first kappa shape index (κ1) is 17.0. The van der Waals surface area contributed by atoms with Crippen LogP contribution in [0, 0.1) is 13.8 Å². The summed E-state index contributed by atoms with van der Waals surface area (Å²) in [7, 11) is 0. The van der Waals surface area contributed by atoms with Gasteiger partial charge in [0.2, 0.25) is 0 Å². The fraction of sp³-hybridized carbons (Fsp3) is 0.625. The van der Waals surface area contributed by atoms with Gasteiger partial charge in [0, 0.05) is 18.7 Å². The van der Waals surface area contributed by atoms with E-state index in [1.54, 1.807) is 0 Å². The van der Waals surface area contributed by atoms with Gasteiger partial charge in [0.25, 0.3) is 0 Å². The Bertz CT molecular complexity index is 398. The van der Waals surface area contributed by atoms with Crippen molar-refractivity contribution in [1.82, 2.24) is 5.32 Å². The minimum atomic E-state index is -0.575. The number of hydrogen-bond donors (Lipinski definition) is 3. The van der Waals surface area contributed by atoms with Crippen molar-refractivity contribution in [1.29, 1.82) is 0 Å². The van der Waals surface area contributed by atoms with Gasteiger partial charge in [0.15, 0.2) is 0 Å². The van der Waals surface area contributed by atoms with Gasteiger partial charge in [0.1, 0.15) is 18.5 Å². The number of hydrogen-bond acceptors (Lipinski definition) is 4. The molecule has 0 heterocycles. The van der Waals surface area contributed by atoms with Crippen molar-refractivity contribution in [2.45, 2.75) is 45.8 Å². The van der Waals surface area contributed by atoms with Crippen LogP contribution in [0.1, 0.15) is 31.4 Å². The van der Waals surface area contributed by atoms with E-state index in [1.165, 1.54) is 0 Å². The van der Waals surface area contributed by atoms with Crippen molar-refractivity contribution in [3.05, 3.63) is 29.3 Å². The lowest BCUT2D eigenvalue weighted by Gasteiger charge is -2.27. The highest BCUT2D eigenvalue weighted by atomic mass is 16.5. The molecule has 1 atom stereocenters. The fourth-order valence-electron chi connectivity index (χ4n) is 2.03. The van der Waals surface area contributed by atoms with Gasteiger partial charge < -0.3 is 20.3 Å². The van der Waals surface area contributed by atoms with Crippen molar-refractivity contribution >= 4 is 0 Å². The number of nitrogens with one attached hydrogen (secondary N) is 1. The van der Waals surface area contributed by atoms with Crippen LogP contribution in [-0.4, -0.2) is 41.6 Å². The summed E-state index contributed by atoms with van der Waals surface area (Å²) < 4.78 is 5.62. The maximum absolute atomic E-state index is 9.93. The van der Waals surface area contributed by atoms with E-state index in [1.807, 2.05) is 39.8 Å². The van der Waals surface area contributed by atoms with Crippen LogP contribution in [0.25, 0.3) is 0 Å². The molecule has 4 heteroatoms. The molecule has 4 nitrogen and oxygen atoms in total. The topological polar surface area (TPSA) is 61.7 Å². The number of aliphatic hydroxyl groups is 2.